The number of nitriles is 1. The Labute approximate surface area is 129 Å². The second-order valence-corrected chi connectivity index (χ2v) is 5.58. The van der Waals surface area contributed by atoms with Gasteiger partial charge in [0.15, 0.2) is 11.5 Å². The number of hydrogen-bond donors (Lipinski definition) is 1. The lowest BCUT2D eigenvalue weighted by Gasteiger charge is -2.11. The lowest BCUT2D eigenvalue weighted by molar-refractivity contribution is 0.687. The Bertz CT molecular complexity index is 824. The standard InChI is InChI=1S/C17H17N5/c1-12(2)10-20-16-17-19-7-8-22(17)15(11-21-16)14-5-3-13(9-18)4-6-14/h3-8,11-12H,10H2,1-2H3,(H,20,21). The lowest BCUT2D eigenvalue weighted by atomic mass is 10.1. The zero-order valence-corrected chi connectivity index (χ0v) is 12.6. The summed E-state index contributed by atoms with van der Waals surface area (Å²) in [6.45, 7) is 5.16. The molecule has 0 aliphatic carbocycles. The number of hydrogen-bond acceptors (Lipinski definition) is 4. The Morgan fingerprint density at radius 2 is 2.00 bits per heavy atom. The monoisotopic (exact) mass is 291 g/mol. The molecular formula is C17H17N5. The molecule has 3 aromatic rings. The van der Waals surface area contributed by atoms with Gasteiger partial charge in [-0.15, -0.1) is 0 Å². The van der Waals surface area contributed by atoms with Crippen LogP contribution in [0.4, 0.5) is 5.82 Å². The van der Waals surface area contributed by atoms with Gasteiger partial charge in [-0.2, -0.15) is 5.26 Å². The number of fused-ring (bicyclic) bond motifs is 1. The van der Waals surface area contributed by atoms with Gasteiger partial charge in [-0.25, -0.2) is 9.97 Å². The van der Waals surface area contributed by atoms with E-state index in [-0.39, 0.29) is 0 Å². The first-order valence-corrected chi connectivity index (χ1v) is 7.25. The molecule has 0 atom stereocenters. The van der Waals surface area contributed by atoms with Crippen molar-refractivity contribution in [3.05, 3.63) is 48.4 Å². The average molecular weight is 291 g/mol. The van der Waals surface area contributed by atoms with Gasteiger partial charge in [0, 0.05) is 24.5 Å². The SMILES string of the molecule is CC(C)CNc1ncc(-c2ccc(C#N)cc2)n2ccnc12. The molecule has 0 aliphatic heterocycles. The van der Waals surface area contributed by atoms with Crippen molar-refractivity contribution in [2.75, 3.05) is 11.9 Å². The van der Waals surface area contributed by atoms with Crippen LogP contribution in [0.25, 0.3) is 16.9 Å². The predicted octanol–water partition coefficient (Wildman–Crippen LogP) is 3.34. The van der Waals surface area contributed by atoms with Crippen LogP contribution in [-0.2, 0) is 0 Å². The van der Waals surface area contributed by atoms with Crippen LogP contribution in [0.1, 0.15) is 19.4 Å². The third kappa shape index (κ3) is 2.63. The van der Waals surface area contributed by atoms with Crippen LogP contribution in [-0.4, -0.2) is 20.9 Å². The fourth-order valence-electron chi connectivity index (χ4n) is 2.27. The molecule has 0 saturated heterocycles. The summed E-state index contributed by atoms with van der Waals surface area (Å²) in [5.41, 5.74) is 3.41. The van der Waals surface area contributed by atoms with E-state index in [9.17, 15) is 0 Å². The van der Waals surface area contributed by atoms with Crippen LogP contribution in [0.15, 0.2) is 42.9 Å². The summed E-state index contributed by atoms with van der Waals surface area (Å²) < 4.78 is 2.01. The molecule has 0 radical (unpaired) electrons. The first-order chi connectivity index (χ1) is 10.7. The molecule has 5 nitrogen and oxygen atoms in total. The molecule has 3 rings (SSSR count). The molecule has 2 heterocycles. The number of rotatable bonds is 4. The van der Waals surface area contributed by atoms with Crippen molar-refractivity contribution >= 4 is 11.5 Å². The number of imidazole rings is 1. The minimum absolute atomic E-state index is 0.537. The topological polar surface area (TPSA) is 66.0 Å². The number of aromatic nitrogens is 3. The third-order valence-corrected chi connectivity index (χ3v) is 3.42. The van der Waals surface area contributed by atoms with Gasteiger partial charge >= 0.3 is 0 Å². The van der Waals surface area contributed by atoms with E-state index >= 15 is 0 Å². The highest BCUT2D eigenvalue weighted by molar-refractivity contribution is 5.70. The lowest BCUT2D eigenvalue weighted by Crippen LogP contribution is -2.10. The molecule has 0 amide bonds. The second kappa shape index (κ2) is 5.86. The third-order valence-electron chi connectivity index (χ3n) is 3.42. The van der Waals surface area contributed by atoms with Crippen LogP contribution < -0.4 is 5.32 Å². The molecule has 1 N–H and O–H groups in total. The first-order valence-electron chi connectivity index (χ1n) is 7.25. The minimum Gasteiger partial charge on any atom is -0.367 e. The summed E-state index contributed by atoms with van der Waals surface area (Å²) >= 11 is 0. The second-order valence-electron chi connectivity index (χ2n) is 5.58. The largest absolute Gasteiger partial charge is 0.367 e. The van der Waals surface area contributed by atoms with Gasteiger partial charge in [-0.05, 0) is 18.1 Å². The van der Waals surface area contributed by atoms with E-state index in [1.807, 2.05) is 41.1 Å². The van der Waals surface area contributed by atoms with Crippen LogP contribution in [0.5, 0.6) is 0 Å². The quantitative estimate of drug-likeness (QED) is 0.800. The molecule has 0 unspecified atom stereocenters. The molecule has 1 aromatic carbocycles. The molecule has 5 heteroatoms. The summed E-state index contributed by atoms with van der Waals surface area (Å²) in [5, 5.41) is 12.2. The van der Waals surface area contributed by atoms with E-state index in [0.717, 1.165) is 29.3 Å². The highest BCUT2D eigenvalue weighted by Crippen LogP contribution is 2.23. The van der Waals surface area contributed by atoms with Crippen LogP contribution >= 0.6 is 0 Å². The zero-order valence-electron chi connectivity index (χ0n) is 12.6. The number of anilines is 1. The van der Waals surface area contributed by atoms with E-state index in [1.165, 1.54) is 0 Å². The van der Waals surface area contributed by atoms with Gasteiger partial charge in [0.1, 0.15) is 0 Å². The molecule has 2 aromatic heterocycles. The number of nitrogens with one attached hydrogen (secondary N) is 1. The van der Waals surface area contributed by atoms with Gasteiger partial charge < -0.3 is 5.32 Å². The van der Waals surface area contributed by atoms with Crippen LogP contribution in [0.3, 0.4) is 0 Å². The maximum atomic E-state index is 8.89. The maximum absolute atomic E-state index is 8.89. The fraction of sp³-hybridized carbons (Fsp3) is 0.235. The van der Waals surface area contributed by atoms with Crippen LogP contribution in [0.2, 0.25) is 0 Å². The molecule has 0 bridgehead atoms. The Morgan fingerprint density at radius 3 is 2.68 bits per heavy atom. The van der Waals surface area contributed by atoms with E-state index in [1.54, 1.807) is 6.20 Å². The summed E-state index contributed by atoms with van der Waals surface area (Å²) in [5.74, 6) is 1.33. The smallest absolute Gasteiger partial charge is 0.180 e. The average Bonchev–Trinajstić information content (AvgIpc) is 3.02. The molecule has 0 aliphatic rings. The molecule has 0 spiro atoms. The van der Waals surface area contributed by atoms with Crippen molar-refractivity contribution < 1.29 is 0 Å². The van der Waals surface area contributed by atoms with Gasteiger partial charge in [0.25, 0.3) is 0 Å². The normalized spacial score (nSPS) is 10.8. The van der Waals surface area contributed by atoms with E-state index in [2.05, 4.69) is 35.2 Å². The molecular weight excluding hydrogens is 274 g/mol. The Kier molecular flexibility index (Phi) is 3.75. The fourth-order valence-corrected chi connectivity index (χ4v) is 2.27. The van der Waals surface area contributed by atoms with E-state index in [0.29, 0.717) is 11.5 Å². The van der Waals surface area contributed by atoms with Gasteiger partial charge in [-0.3, -0.25) is 4.40 Å². The highest BCUT2D eigenvalue weighted by Gasteiger charge is 2.10. The summed E-state index contributed by atoms with van der Waals surface area (Å²) in [6, 6.07) is 9.60. The van der Waals surface area contributed by atoms with Gasteiger partial charge in [0.05, 0.1) is 23.5 Å². The van der Waals surface area contributed by atoms with Crippen molar-refractivity contribution in [1.29, 1.82) is 5.26 Å². The highest BCUT2D eigenvalue weighted by atomic mass is 15.1. The first kappa shape index (κ1) is 14.1. The van der Waals surface area contributed by atoms with E-state index in [4.69, 9.17) is 5.26 Å². The number of nitrogens with zero attached hydrogens (tertiary/aromatic N) is 4. The van der Waals surface area contributed by atoms with Crippen molar-refractivity contribution in [1.82, 2.24) is 14.4 Å². The zero-order chi connectivity index (χ0) is 15.5. The Hall–Kier alpha value is -2.87. The maximum Gasteiger partial charge on any atom is 0.180 e. The number of benzene rings is 1. The minimum atomic E-state index is 0.537. The van der Waals surface area contributed by atoms with Crippen LogP contribution in [0, 0.1) is 17.2 Å². The van der Waals surface area contributed by atoms with Crippen molar-refractivity contribution in [2.24, 2.45) is 5.92 Å². The Morgan fingerprint density at radius 1 is 1.23 bits per heavy atom. The summed E-state index contributed by atoms with van der Waals surface area (Å²) in [6.07, 6.45) is 5.52. The van der Waals surface area contributed by atoms with Crippen molar-refractivity contribution in [3.8, 4) is 17.3 Å². The Balaban J connectivity index is 2.03. The molecule has 22 heavy (non-hydrogen) atoms. The molecule has 0 fully saturated rings. The molecule has 0 saturated carbocycles. The molecule has 110 valence electrons. The summed E-state index contributed by atoms with van der Waals surface area (Å²) in [7, 11) is 0. The van der Waals surface area contributed by atoms with Gasteiger partial charge in [-0.1, -0.05) is 26.0 Å². The van der Waals surface area contributed by atoms with Gasteiger partial charge in [0.2, 0.25) is 0 Å². The van der Waals surface area contributed by atoms with Crippen molar-refractivity contribution in [3.63, 3.8) is 0 Å². The van der Waals surface area contributed by atoms with Crippen molar-refractivity contribution in [2.45, 2.75) is 13.8 Å². The summed E-state index contributed by atoms with van der Waals surface area (Å²) in [4.78, 5) is 8.91. The predicted molar refractivity (Wildman–Crippen MR) is 86.5 cm³/mol. The van der Waals surface area contributed by atoms with E-state index < -0.39 is 0 Å².